The molecule has 2 nitrogen and oxygen atoms in total. The summed E-state index contributed by atoms with van der Waals surface area (Å²) in [4.78, 5) is -0.0109. The lowest BCUT2D eigenvalue weighted by atomic mass is 9.80. The van der Waals surface area contributed by atoms with Crippen LogP contribution in [0.1, 0.15) is 91.4 Å². The van der Waals surface area contributed by atoms with Crippen molar-refractivity contribution in [2.24, 2.45) is 5.92 Å². The molecule has 0 aromatic rings. The monoisotopic (exact) mass is 346 g/mol. The zero-order valence-electron chi connectivity index (χ0n) is 15.7. The maximum Gasteiger partial charge on any atom is 0.104 e. The van der Waals surface area contributed by atoms with Crippen LogP contribution in [0.4, 0.5) is 0 Å². The van der Waals surface area contributed by atoms with Gasteiger partial charge in [0.05, 0.1) is 13.2 Å². The summed E-state index contributed by atoms with van der Waals surface area (Å²) < 4.78 is 10.9. The maximum atomic E-state index is 6.95. The van der Waals surface area contributed by atoms with Gasteiger partial charge in [0.25, 0.3) is 0 Å². The summed E-state index contributed by atoms with van der Waals surface area (Å²) in [5, 5.41) is 0. The molecular formula is C20H39ClO2. The fraction of sp³-hybridized carbons (Fsp3) is 1.00. The lowest BCUT2D eigenvalue weighted by molar-refractivity contribution is 0.107. The van der Waals surface area contributed by atoms with Crippen LogP contribution in [-0.2, 0) is 9.47 Å². The largest absolute Gasteiger partial charge is 0.379 e. The lowest BCUT2D eigenvalue weighted by Crippen LogP contribution is -2.31. The molecule has 2 atom stereocenters. The van der Waals surface area contributed by atoms with Gasteiger partial charge in [0.15, 0.2) is 0 Å². The lowest BCUT2D eigenvalue weighted by Gasteiger charge is -2.34. The van der Waals surface area contributed by atoms with Crippen LogP contribution in [0.3, 0.4) is 0 Å². The third-order valence-corrected chi connectivity index (χ3v) is 6.20. The first-order valence-electron chi connectivity index (χ1n) is 10.0. The van der Waals surface area contributed by atoms with Crippen molar-refractivity contribution < 1.29 is 9.47 Å². The van der Waals surface area contributed by atoms with E-state index >= 15 is 0 Å². The van der Waals surface area contributed by atoms with Crippen molar-refractivity contribution in [3.8, 4) is 0 Å². The van der Waals surface area contributed by atoms with Gasteiger partial charge in [0, 0.05) is 11.5 Å². The molecule has 0 bridgehead atoms. The molecule has 0 spiro atoms. The number of unbranched alkanes of at least 4 members (excludes halogenated alkanes) is 5. The predicted octanol–water partition coefficient (Wildman–Crippen LogP) is 6.35. The van der Waals surface area contributed by atoms with Crippen LogP contribution >= 0.6 is 11.6 Å². The van der Waals surface area contributed by atoms with Crippen molar-refractivity contribution in [3.63, 3.8) is 0 Å². The van der Waals surface area contributed by atoms with Gasteiger partial charge in [0.2, 0.25) is 0 Å². The second kappa shape index (κ2) is 12.6. The van der Waals surface area contributed by atoms with Gasteiger partial charge in [0.1, 0.15) is 6.10 Å². The van der Waals surface area contributed by atoms with Gasteiger partial charge in [-0.05, 0) is 38.0 Å². The number of rotatable bonds is 16. The Morgan fingerprint density at radius 1 is 1.00 bits per heavy atom. The first-order valence-corrected chi connectivity index (χ1v) is 10.4. The Balaban J connectivity index is 2.23. The fourth-order valence-corrected chi connectivity index (χ4v) is 3.69. The Morgan fingerprint density at radius 3 is 2.22 bits per heavy atom. The topological polar surface area (TPSA) is 21.8 Å². The van der Waals surface area contributed by atoms with Gasteiger partial charge in [-0.3, -0.25) is 0 Å². The molecule has 1 rings (SSSR count). The Morgan fingerprint density at radius 2 is 1.61 bits per heavy atom. The van der Waals surface area contributed by atoms with Crippen molar-refractivity contribution >= 4 is 11.6 Å². The number of ether oxygens (including phenoxy) is 2. The number of halogens is 1. The van der Waals surface area contributed by atoms with Gasteiger partial charge < -0.3 is 9.47 Å². The first-order chi connectivity index (χ1) is 11.2. The highest BCUT2D eigenvalue weighted by Gasteiger charge is 2.32. The SMILES string of the molecule is CCCCCCCCC(CCCOCC1CO1)C(Cl)(CC)CC. The van der Waals surface area contributed by atoms with Crippen molar-refractivity contribution in [2.75, 3.05) is 19.8 Å². The Labute approximate surface area is 149 Å². The second-order valence-corrected chi connectivity index (χ2v) is 7.92. The molecule has 1 aliphatic rings. The number of alkyl halides is 1. The zero-order chi connectivity index (χ0) is 17.0. The van der Waals surface area contributed by atoms with E-state index in [9.17, 15) is 0 Å². The van der Waals surface area contributed by atoms with Crippen molar-refractivity contribution in [2.45, 2.75) is 102 Å². The molecule has 138 valence electrons. The average Bonchev–Trinajstić information content (AvgIpc) is 3.39. The summed E-state index contributed by atoms with van der Waals surface area (Å²) in [6, 6.07) is 0. The highest BCUT2D eigenvalue weighted by atomic mass is 35.5. The molecule has 0 radical (unpaired) electrons. The summed E-state index contributed by atoms with van der Waals surface area (Å²) >= 11 is 6.95. The number of epoxide rings is 1. The predicted molar refractivity (Wildman–Crippen MR) is 100 cm³/mol. The van der Waals surface area contributed by atoms with Crippen LogP contribution in [0.25, 0.3) is 0 Å². The Kier molecular flexibility index (Phi) is 11.6. The molecule has 0 saturated carbocycles. The molecule has 1 fully saturated rings. The van der Waals surface area contributed by atoms with E-state index in [0.29, 0.717) is 12.0 Å². The van der Waals surface area contributed by atoms with Crippen molar-refractivity contribution in [1.29, 1.82) is 0 Å². The minimum absolute atomic E-state index is 0.0109. The highest BCUT2D eigenvalue weighted by molar-refractivity contribution is 6.24. The molecule has 3 heteroatoms. The van der Waals surface area contributed by atoms with E-state index in [1.807, 2.05) is 0 Å². The van der Waals surface area contributed by atoms with Crippen molar-refractivity contribution in [3.05, 3.63) is 0 Å². The highest BCUT2D eigenvalue weighted by Crippen LogP contribution is 2.38. The third kappa shape index (κ3) is 9.31. The zero-order valence-corrected chi connectivity index (χ0v) is 16.5. The smallest absolute Gasteiger partial charge is 0.104 e. The van der Waals surface area contributed by atoms with Gasteiger partial charge in [-0.15, -0.1) is 11.6 Å². The molecule has 0 aliphatic carbocycles. The number of hydrogen-bond donors (Lipinski definition) is 0. The van der Waals surface area contributed by atoms with E-state index in [1.54, 1.807) is 0 Å². The molecule has 23 heavy (non-hydrogen) atoms. The van der Waals surface area contributed by atoms with Crippen LogP contribution in [0.2, 0.25) is 0 Å². The summed E-state index contributed by atoms with van der Waals surface area (Å²) in [6.45, 7) is 9.27. The summed E-state index contributed by atoms with van der Waals surface area (Å²) in [5.41, 5.74) is 0. The minimum atomic E-state index is -0.0109. The molecule has 1 heterocycles. The van der Waals surface area contributed by atoms with E-state index in [0.717, 1.165) is 39.1 Å². The van der Waals surface area contributed by atoms with Crippen LogP contribution in [-0.4, -0.2) is 30.8 Å². The molecule has 1 saturated heterocycles. The molecule has 0 amide bonds. The van der Waals surface area contributed by atoms with E-state index in [2.05, 4.69) is 20.8 Å². The molecular weight excluding hydrogens is 308 g/mol. The van der Waals surface area contributed by atoms with Gasteiger partial charge >= 0.3 is 0 Å². The van der Waals surface area contributed by atoms with Gasteiger partial charge in [-0.25, -0.2) is 0 Å². The molecule has 0 N–H and O–H groups in total. The van der Waals surface area contributed by atoms with E-state index in [1.165, 1.54) is 51.4 Å². The fourth-order valence-electron chi connectivity index (χ4n) is 3.47. The summed E-state index contributed by atoms with van der Waals surface area (Å²) in [7, 11) is 0. The maximum absolute atomic E-state index is 6.95. The molecule has 2 unspecified atom stereocenters. The minimum Gasteiger partial charge on any atom is -0.379 e. The molecule has 1 aliphatic heterocycles. The van der Waals surface area contributed by atoms with Crippen LogP contribution in [0.5, 0.6) is 0 Å². The Hall–Kier alpha value is 0.210. The van der Waals surface area contributed by atoms with E-state index in [-0.39, 0.29) is 4.87 Å². The molecule has 0 aromatic heterocycles. The standard InChI is InChI=1S/C20H39ClO2/c1-4-7-8-9-10-11-13-18(20(21,5-2)6-3)14-12-15-22-16-19-17-23-19/h18-19H,4-17H2,1-3H3. The van der Waals surface area contributed by atoms with Gasteiger partial charge in [-0.1, -0.05) is 59.3 Å². The first kappa shape index (κ1) is 21.3. The normalized spacial score (nSPS) is 19.0. The Bertz CT molecular complexity index is 275. The summed E-state index contributed by atoms with van der Waals surface area (Å²) in [6.07, 6.45) is 14.3. The van der Waals surface area contributed by atoms with Gasteiger partial charge in [-0.2, -0.15) is 0 Å². The second-order valence-electron chi connectivity index (χ2n) is 7.17. The van der Waals surface area contributed by atoms with E-state index in [4.69, 9.17) is 21.1 Å². The summed E-state index contributed by atoms with van der Waals surface area (Å²) in [5.74, 6) is 0.631. The quantitative estimate of drug-likeness (QED) is 0.184. The van der Waals surface area contributed by atoms with E-state index < -0.39 is 0 Å². The third-order valence-electron chi connectivity index (χ3n) is 5.36. The van der Waals surface area contributed by atoms with Crippen LogP contribution < -0.4 is 0 Å². The van der Waals surface area contributed by atoms with Crippen molar-refractivity contribution in [1.82, 2.24) is 0 Å². The number of hydrogen-bond acceptors (Lipinski definition) is 2. The average molecular weight is 347 g/mol. The molecule has 0 aromatic carbocycles. The van der Waals surface area contributed by atoms with Crippen LogP contribution in [0.15, 0.2) is 0 Å². The van der Waals surface area contributed by atoms with Crippen LogP contribution in [0, 0.1) is 5.92 Å².